The number of aromatic nitrogens is 1. The van der Waals surface area contributed by atoms with Gasteiger partial charge in [0.15, 0.2) is 0 Å². The smallest absolute Gasteiger partial charge is 0.433 e. The highest BCUT2D eigenvalue weighted by atomic mass is 31.2. The van der Waals surface area contributed by atoms with Crippen LogP contribution < -0.4 is 20.7 Å². The van der Waals surface area contributed by atoms with E-state index in [-0.39, 0.29) is 6.61 Å². The highest BCUT2D eigenvalue weighted by Crippen LogP contribution is 2.54. The van der Waals surface area contributed by atoms with Crippen LogP contribution in [0.3, 0.4) is 0 Å². The molecule has 2 heterocycles. The van der Waals surface area contributed by atoms with Crippen molar-refractivity contribution in [3.63, 3.8) is 0 Å². The number of nitrogens with zero attached hydrogens (tertiary/aromatic N) is 2. The second-order valence-corrected chi connectivity index (χ2v) is 9.93. The van der Waals surface area contributed by atoms with Gasteiger partial charge in [0.05, 0.1) is 12.7 Å². The molecule has 1 aliphatic heterocycles. The topological polar surface area (TPSA) is 60.8 Å². The average molecular weight is 426 g/mol. The van der Waals surface area contributed by atoms with Crippen LogP contribution in [0.25, 0.3) is 0 Å². The summed E-state index contributed by atoms with van der Waals surface area (Å²) < 4.78 is 16.5. The van der Waals surface area contributed by atoms with Crippen molar-refractivity contribution in [3.05, 3.63) is 109 Å². The fourth-order valence-electron chi connectivity index (χ4n) is 3.73. The molecule has 0 saturated heterocycles. The molecule has 3 aromatic carbocycles. The number of fused-ring (bicyclic) bond motifs is 2. The molecular formula is C25H19N2O3P. The summed E-state index contributed by atoms with van der Waals surface area (Å²) in [6.45, 7) is 0.0672. The van der Waals surface area contributed by atoms with Crippen LogP contribution in [-0.2, 0) is 11.3 Å². The molecule has 31 heavy (non-hydrogen) atoms. The number of pyridine rings is 1. The van der Waals surface area contributed by atoms with E-state index >= 15 is 0 Å². The van der Waals surface area contributed by atoms with Crippen molar-refractivity contribution in [1.82, 2.24) is 4.98 Å². The third-order valence-electron chi connectivity index (χ3n) is 5.08. The van der Waals surface area contributed by atoms with E-state index in [1.54, 1.807) is 6.20 Å². The number of hydrogen-bond acceptors (Lipinski definition) is 4. The van der Waals surface area contributed by atoms with E-state index in [1.165, 1.54) is 0 Å². The Labute approximate surface area is 180 Å². The van der Waals surface area contributed by atoms with Crippen molar-refractivity contribution in [2.24, 2.45) is 4.74 Å². The summed E-state index contributed by atoms with van der Waals surface area (Å²) in [6, 6.07) is 31.0. The lowest BCUT2D eigenvalue weighted by molar-refractivity contribution is 0.150. The van der Waals surface area contributed by atoms with E-state index in [2.05, 4.69) is 4.98 Å². The van der Waals surface area contributed by atoms with Gasteiger partial charge in [-0.1, -0.05) is 60.7 Å². The van der Waals surface area contributed by atoms with E-state index in [0.29, 0.717) is 17.2 Å². The average Bonchev–Trinajstić information content (AvgIpc) is 2.84. The zero-order valence-corrected chi connectivity index (χ0v) is 17.5. The number of amides is 1. The molecule has 152 valence electrons. The normalized spacial score (nSPS) is 13.3. The summed E-state index contributed by atoms with van der Waals surface area (Å²) in [5, 5.41) is 2.76. The third kappa shape index (κ3) is 3.54. The monoisotopic (exact) mass is 426 g/mol. The van der Waals surface area contributed by atoms with E-state index in [0.717, 1.165) is 15.9 Å². The number of ether oxygens (including phenoxy) is 2. The van der Waals surface area contributed by atoms with Gasteiger partial charge in [0.2, 0.25) is 0 Å². The van der Waals surface area contributed by atoms with Crippen LogP contribution in [0, 0.1) is 0 Å². The largest absolute Gasteiger partial charge is 0.456 e. The molecule has 0 atom stereocenters. The van der Waals surface area contributed by atoms with Crippen molar-refractivity contribution in [2.45, 2.75) is 6.61 Å². The molecule has 0 fully saturated rings. The van der Waals surface area contributed by atoms with Gasteiger partial charge in [-0.25, -0.2) is 4.79 Å². The van der Waals surface area contributed by atoms with Gasteiger partial charge in [-0.15, -0.1) is 0 Å². The lowest BCUT2D eigenvalue weighted by Crippen LogP contribution is -2.31. The molecule has 0 unspecified atom stereocenters. The molecule has 6 heteroatoms. The minimum absolute atomic E-state index is 0.0672. The molecule has 5 nitrogen and oxygen atoms in total. The fourth-order valence-corrected chi connectivity index (χ4v) is 7.26. The lowest BCUT2D eigenvalue weighted by atomic mass is 10.3. The molecule has 0 spiro atoms. The van der Waals surface area contributed by atoms with Crippen LogP contribution in [0.1, 0.15) is 5.69 Å². The molecule has 4 aromatic rings. The van der Waals surface area contributed by atoms with Crippen LogP contribution >= 0.6 is 7.05 Å². The van der Waals surface area contributed by atoms with Crippen molar-refractivity contribution in [3.8, 4) is 11.5 Å². The van der Waals surface area contributed by atoms with Crippen LogP contribution in [0.15, 0.2) is 108 Å². The number of benzene rings is 3. The zero-order chi connectivity index (χ0) is 21.1. The second kappa shape index (κ2) is 8.21. The van der Waals surface area contributed by atoms with E-state index in [1.807, 2.05) is 97.1 Å². The Balaban J connectivity index is 1.70. The summed E-state index contributed by atoms with van der Waals surface area (Å²) in [5.41, 5.74) is 0.672. The molecule has 0 saturated carbocycles. The summed E-state index contributed by atoms with van der Waals surface area (Å²) in [4.78, 5) is 17.3. The van der Waals surface area contributed by atoms with Crippen molar-refractivity contribution < 1.29 is 14.3 Å². The first-order valence-corrected chi connectivity index (χ1v) is 11.6. The Morgan fingerprint density at radius 2 is 1.42 bits per heavy atom. The van der Waals surface area contributed by atoms with Crippen LogP contribution in [0.2, 0.25) is 0 Å². The molecule has 5 rings (SSSR count). The minimum atomic E-state index is -2.69. The van der Waals surface area contributed by atoms with Gasteiger partial charge in [0.1, 0.15) is 18.1 Å². The lowest BCUT2D eigenvalue weighted by Gasteiger charge is -2.33. The van der Waals surface area contributed by atoms with Gasteiger partial charge >= 0.3 is 6.09 Å². The Kier molecular flexibility index (Phi) is 5.11. The first-order chi connectivity index (χ1) is 15.3. The van der Waals surface area contributed by atoms with Crippen LogP contribution in [0.5, 0.6) is 11.5 Å². The second-order valence-electron chi connectivity index (χ2n) is 6.98. The molecule has 0 N–H and O–H groups in total. The van der Waals surface area contributed by atoms with Crippen molar-refractivity contribution >= 4 is 29.1 Å². The summed E-state index contributed by atoms with van der Waals surface area (Å²) in [7, 11) is -2.69. The van der Waals surface area contributed by atoms with Crippen molar-refractivity contribution in [2.75, 3.05) is 0 Å². The zero-order valence-electron chi connectivity index (χ0n) is 16.6. The maximum Gasteiger partial charge on any atom is 0.433 e. The predicted octanol–water partition coefficient (Wildman–Crippen LogP) is 5.00. The number of rotatable bonds is 3. The van der Waals surface area contributed by atoms with E-state index in [9.17, 15) is 4.79 Å². The SMILES string of the molecule is O=C(N=P1(c2ccccc2)c2ccccc2Oc2ccccc21)OCc1ccccn1. The fraction of sp³-hybridized carbons (Fsp3) is 0.0400. The van der Waals surface area contributed by atoms with Gasteiger partial charge in [0.25, 0.3) is 0 Å². The highest BCUT2D eigenvalue weighted by molar-refractivity contribution is 7.88. The molecule has 0 radical (unpaired) electrons. The quantitative estimate of drug-likeness (QED) is 0.381. The molecular weight excluding hydrogens is 407 g/mol. The summed E-state index contributed by atoms with van der Waals surface area (Å²) in [6.07, 6.45) is 1.05. The Morgan fingerprint density at radius 3 is 2.06 bits per heavy atom. The maximum atomic E-state index is 13.1. The Hall–Kier alpha value is -3.69. The van der Waals surface area contributed by atoms with Gasteiger partial charge < -0.3 is 9.47 Å². The van der Waals surface area contributed by atoms with E-state index < -0.39 is 13.1 Å². The minimum Gasteiger partial charge on any atom is -0.456 e. The first kappa shape index (κ1) is 19.3. The van der Waals surface area contributed by atoms with Gasteiger partial charge in [-0.05, 0) is 36.4 Å². The van der Waals surface area contributed by atoms with E-state index in [4.69, 9.17) is 14.2 Å². The number of carbonyl (C=O) groups excluding carboxylic acids is 1. The number of carbonyl (C=O) groups is 1. The first-order valence-electron chi connectivity index (χ1n) is 9.89. The van der Waals surface area contributed by atoms with Crippen molar-refractivity contribution in [1.29, 1.82) is 0 Å². The van der Waals surface area contributed by atoms with Gasteiger partial charge in [0, 0.05) is 22.1 Å². The molecule has 1 amide bonds. The Bertz CT molecular complexity index is 1240. The van der Waals surface area contributed by atoms with Gasteiger partial charge in [-0.2, -0.15) is 4.74 Å². The highest BCUT2D eigenvalue weighted by Gasteiger charge is 2.37. The number of para-hydroxylation sites is 2. The standard InChI is InChI=1S/C25H19N2O3P/c28-25(29-18-19-10-8-9-17-26-19)27-31(20-11-2-1-3-12-20)23-15-6-4-13-21(23)30-22-14-5-7-16-24(22)31/h1-17H,18H2. The summed E-state index contributed by atoms with van der Waals surface area (Å²) >= 11 is 0. The number of hydrogen-bond donors (Lipinski definition) is 0. The predicted molar refractivity (Wildman–Crippen MR) is 122 cm³/mol. The molecule has 0 bridgehead atoms. The van der Waals surface area contributed by atoms with Crippen LogP contribution in [0.4, 0.5) is 4.79 Å². The third-order valence-corrected chi connectivity index (χ3v) is 8.72. The summed E-state index contributed by atoms with van der Waals surface area (Å²) in [5.74, 6) is 1.42. The molecule has 0 aliphatic carbocycles. The Morgan fingerprint density at radius 1 is 0.806 bits per heavy atom. The van der Waals surface area contributed by atoms with Gasteiger partial charge in [-0.3, -0.25) is 4.98 Å². The van der Waals surface area contributed by atoms with Crippen LogP contribution in [-0.4, -0.2) is 11.1 Å². The maximum absolute atomic E-state index is 13.1. The molecule has 1 aliphatic rings. The molecule has 1 aromatic heterocycles.